The standard InChI is InChI=1S/C52H102N2O3/c1-5-9-13-17-21-23-25-26-27-28-29-30-32-34-38-42-46-54(45-41-37-33-31-24-22-18-14-10-6-2)51-52(55)57-50-49-56-48-47-53(43-39-35-19-15-11-7-3)44-40-36-20-16-12-8-4/h21,23,26-27H,5-20,22,24-25,28-51H2,1-4H3/b23-21-,27-26-. The summed E-state index contributed by atoms with van der Waals surface area (Å²) in [6.07, 6.45) is 54.1. The molecule has 0 heterocycles. The molecule has 0 amide bonds. The van der Waals surface area contributed by atoms with E-state index in [2.05, 4.69) is 61.8 Å². The first-order chi connectivity index (χ1) is 28.2. The highest BCUT2D eigenvalue weighted by Crippen LogP contribution is 2.13. The number of unbranched alkanes of at least 4 members (excludes halogenated alkanes) is 28. The molecular formula is C52H102N2O3. The summed E-state index contributed by atoms with van der Waals surface area (Å²) in [5, 5.41) is 0. The Labute approximate surface area is 358 Å². The Kier molecular flexibility index (Phi) is 48.2. The molecule has 338 valence electrons. The number of carbonyl (C=O) groups is 1. The molecule has 0 saturated carbocycles. The van der Waals surface area contributed by atoms with Crippen molar-refractivity contribution in [2.75, 3.05) is 59.1 Å². The van der Waals surface area contributed by atoms with E-state index in [0.29, 0.717) is 19.8 Å². The lowest BCUT2D eigenvalue weighted by Gasteiger charge is -2.22. The number of esters is 1. The number of ether oxygens (including phenoxy) is 2. The number of nitrogens with zero attached hydrogens (tertiary/aromatic N) is 2. The summed E-state index contributed by atoms with van der Waals surface area (Å²) >= 11 is 0. The van der Waals surface area contributed by atoms with Gasteiger partial charge in [0.1, 0.15) is 6.61 Å². The van der Waals surface area contributed by atoms with E-state index in [-0.39, 0.29) is 5.97 Å². The highest BCUT2D eigenvalue weighted by atomic mass is 16.6. The molecular weight excluding hydrogens is 701 g/mol. The number of hydrogen-bond acceptors (Lipinski definition) is 5. The predicted molar refractivity (Wildman–Crippen MR) is 253 cm³/mol. The average molecular weight is 803 g/mol. The van der Waals surface area contributed by atoms with E-state index < -0.39 is 0 Å². The summed E-state index contributed by atoms with van der Waals surface area (Å²) in [4.78, 5) is 17.9. The Morgan fingerprint density at radius 3 is 1.16 bits per heavy atom. The average Bonchev–Trinajstić information content (AvgIpc) is 3.21. The third-order valence-corrected chi connectivity index (χ3v) is 11.6. The largest absolute Gasteiger partial charge is 0.462 e. The van der Waals surface area contributed by atoms with Gasteiger partial charge >= 0.3 is 5.97 Å². The molecule has 0 radical (unpaired) electrons. The Balaban J connectivity index is 4.45. The molecule has 0 aromatic heterocycles. The molecule has 0 bridgehead atoms. The molecule has 0 aromatic rings. The fourth-order valence-electron chi connectivity index (χ4n) is 7.72. The van der Waals surface area contributed by atoms with Gasteiger partial charge in [-0.25, -0.2) is 0 Å². The maximum atomic E-state index is 12.9. The Morgan fingerprint density at radius 1 is 0.368 bits per heavy atom. The van der Waals surface area contributed by atoms with Crippen LogP contribution in [0.15, 0.2) is 24.3 Å². The maximum absolute atomic E-state index is 12.9. The summed E-state index contributed by atoms with van der Waals surface area (Å²) in [6.45, 7) is 16.5. The van der Waals surface area contributed by atoms with E-state index in [9.17, 15) is 4.79 Å². The minimum Gasteiger partial charge on any atom is -0.462 e. The van der Waals surface area contributed by atoms with Crippen molar-refractivity contribution in [3.05, 3.63) is 24.3 Å². The number of carbonyl (C=O) groups excluding carboxylic acids is 1. The Morgan fingerprint density at radius 2 is 0.719 bits per heavy atom. The van der Waals surface area contributed by atoms with Crippen molar-refractivity contribution < 1.29 is 14.3 Å². The topological polar surface area (TPSA) is 42.0 Å². The molecule has 5 heteroatoms. The van der Waals surface area contributed by atoms with Crippen LogP contribution in [0, 0.1) is 0 Å². The lowest BCUT2D eigenvalue weighted by molar-refractivity contribution is -0.146. The molecule has 0 saturated heterocycles. The zero-order valence-corrected chi connectivity index (χ0v) is 39.3. The van der Waals surface area contributed by atoms with E-state index >= 15 is 0 Å². The molecule has 0 rings (SSSR count). The molecule has 0 aromatic carbocycles. The number of rotatable bonds is 48. The Hall–Kier alpha value is -1.17. The monoisotopic (exact) mass is 803 g/mol. The number of hydrogen-bond donors (Lipinski definition) is 0. The van der Waals surface area contributed by atoms with E-state index in [1.54, 1.807) is 0 Å². The fourth-order valence-corrected chi connectivity index (χ4v) is 7.72. The highest BCUT2D eigenvalue weighted by Gasteiger charge is 2.12. The second kappa shape index (κ2) is 49.2. The third-order valence-electron chi connectivity index (χ3n) is 11.6. The van der Waals surface area contributed by atoms with Gasteiger partial charge in [-0.3, -0.25) is 9.69 Å². The van der Waals surface area contributed by atoms with Crippen LogP contribution in [0.3, 0.4) is 0 Å². The van der Waals surface area contributed by atoms with Gasteiger partial charge in [0.25, 0.3) is 0 Å². The van der Waals surface area contributed by atoms with Crippen molar-refractivity contribution >= 4 is 5.97 Å². The quantitative estimate of drug-likeness (QED) is 0.0348. The van der Waals surface area contributed by atoms with Crippen LogP contribution >= 0.6 is 0 Å². The maximum Gasteiger partial charge on any atom is 0.320 e. The van der Waals surface area contributed by atoms with Gasteiger partial charge in [-0.1, -0.05) is 213 Å². The molecule has 0 aliphatic carbocycles. The summed E-state index contributed by atoms with van der Waals surface area (Å²) in [5.41, 5.74) is 0. The van der Waals surface area contributed by atoms with Crippen LogP contribution in [0.5, 0.6) is 0 Å². The van der Waals surface area contributed by atoms with Crippen molar-refractivity contribution in [3.8, 4) is 0 Å². The van der Waals surface area contributed by atoms with Crippen LogP contribution in [-0.4, -0.2) is 74.9 Å². The molecule has 0 spiro atoms. The summed E-state index contributed by atoms with van der Waals surface area (Å²) in [5.74, 6) is -0.0847. The summed E-state index contributed by atoms with van der Waals surface area (Å²) in [7, 11) is 0. The van der Waals surface area contributed by atoms with Gasteiger partial charge in [0, 0.05) is 6.54 Å². The van der Waals surface area contributed by atoms with Crippen molar-refractivity contribution in [1.82, 2.24) is 9.80 Å². The van der Waals surface area contributed by atoms with Crippen molar-refractivity contribution in [3.63, 3.8) is 0 Å². The van der Waals surface area contributed by atoms with Gasteiger partial charge in [0.05, 0.1) is 19.8 Å². The molecule has 0 atom stereocenters. The van der Waals surface area contributed by atoms with Gasteiger partial charge in [-0.05, 0) is 84.0 Å². The molecule has 57 heavy (non-hydrogen) atoms. The lowest BCUT2D eigenvalue weighted by atomic mass is 10.1. The smallest absolute Gasteiger partial charge is 0.320 e. The minimum atomic E-state index is -0.0847. The third kappa shape index (κ3) is 45.8. The van der Waals surface area contributed by atoms with Gasteiger partial charge in [0.15, 0.2) is 0 Å². The zero-order valence-electron chi connectivity index (χ0n) is 39.3. The first-order valence-electron chi connectivity index (χ1n) is 25.7. The van der Waals surface area contributed by atoms with Crippen molar-refractivity contribution in [1.29, 1.82) is 0 Å². The van der Waals surface area contributed by atoms with E-state index in [0.717, 1.165) is 32.7 Å². The van der Waals surface area contributed by atoms with Gasteiger partial charge in [0.2, 0.25) is 0 Å². The normalized spacial score (nSPS) is 12.0. The molecule has 0 unspecified atom stereocenters. The molecule has 0 aliphatic rings. The number of allylic oxidation sites excluding steroid dienone is 4. The predicted octanol–water partition coefficient (Wildman–Crippen LogP) is 15.6. The summed E-state index contributed by atoms with van der Waals surface area (Å²) in [6, 6.07) is 0. The fraction of sp³-hybridized carbons (Fsp3) is 0.904. The summed E-state index contributed by atoms with van der Waals surface area (Å²) < 4.78 is 11.7. The van der Waals surface area contributed by atoms with Crippen LogP contribution in [0.4, 0.5) is 0 Å². The van der Waals surface area contributed by atoms with Crippen molar-refractivity contribution in [2.24, 2.45) is 0 Å². The first kappa shape index (κ1) is 55.8. The minimum absolute atomic E-state index is 0.0847. The van der Waals surface area contributed by atoms with E-state index in [1.165, 1.54) is 225 Å². The Bertz CT molecular complexity index is 814. The molecule has 0 aliphatic heterocycles. The van der Waals surface area contributed by atoms with Crippen LogP contribution < -0.4 is 0 Å². The first-order valence-corrected chi connectivity index (χ1v) is 25.7. The molecule has 0 fully saturated rings. The zero-order chi connectivity index (χ0) is 41.4. The van der Waals surface area contributed by atoms with Crippen LogP contribution in [0.1, 0.15) is 246 Å². The lowest BCUT2D eigenvalue weighted by Crippen LogP contribution is -2.33. The van der Waals surface area contributed by atoms with Crippen LogP contribution in [0.25, 0.3) is 0 Å². The van der Waals surface area contributed by atoms with Crippen LogP contribution in [-0.2, 0) is 14.3 Å². The van der Waals surface area contributed by atoms with E-state index in [4.69, 9.17) is 9.47 Å². The second-order valence-corrected chi connectivity index (χ2v) is 17.3. The highest BCUT2D eigenvalue weighted by molar-refractivity contribution is 5.71. The second-order valence-electron chi connectivity index (χ2n) is 17.3. The molecule has 0 N–H and O–H groups in total. The molecule has 5 nitrogen and oxygen atoms in total. The van der Waals surface area contributed by atoms with Gasteiger partial charge in [-0.15, -0.1) is 0 Å². The van der Waals surface area contributed by atoms with E-state index in [1.807, 2.05) is 0 Å². The van der Waals surface area contributed by atoms with Gasteiger partial charge < -0.3 is 14.4 Å². The van der Waals surface area contributed by atoms with Crippen molar-refractivity contribution in [2.45, 2.75) is 246 Å². The SMILES string of the molecule is CCCCC/C=C\C/C=C\CCCCCCCCN(CCCCCCCCCCCC)CC(=O)OCCOCCN(CCCCCCCC)CCCCCCCC. The van der Waals surface area contributed by atoms with Gasteiger partial charge in [-0.2, -0.15) is 0 Å². The van der Waals surface area contributed by atoms with Crippen LogP contribution in [0.2, 0.25) is 0 Å².